The molecule has 0 atom stereocenters. The first-order chi connectivity index (χ1) is 12.0. The summed E-state index contributed by atoms with van der Waals surface area (Å²) in [5, 5.41) is 2.74. The predicted octanol–water partition coefficient (Wildman–Crippen LogP) is 2.48. The van der Waals surface area contributed by atoms with Gasteiger partial charge in [-0.15, -0.1) is 0 Å². The minimum absolute atomic E-state index is 0.0921. The van der Waals surface area contributed by atoms with Crippen molar-refractivity contribution in [3.8, 4) is 0 Å². The minimum Gasteiger partial charge on any atom is -0.346 e. The van der Waals surface area contributed by atoms with E-state index in [-0.39, 0.29) is 17.3 Å². The van der Waals surface area contributed by atoms with Crippen molar-refractivity contribution >= 4 is 15.9 Å². The Morgan fingerprint density at radius 3 is 2.68 bits per heavy atom. The van der Waals surface area contributed by atoms with Crippen molar-refractivity contribution in [1.29, 1.82) is 0 Å². The molecule has 1 aromatic carbocycles. The smallest absolute Gasteiger partial charge is 0.251 e. The van der Waals surface area contributed by atoms with E-state index in [2.05, 4.69) is 21.9 Å². The summed E-state index contributed by atoms with van der Waals surface area (Å²) in [6, 6.07) is 11.5. The Balaban J connectivity index is 2.00. The highest BCUT2D eigenvalue weighted by Gasteiger charge is 2.15. The number of nitrogens with one attached hydrogen (secondary N) is 2. The Labute approximate surface area is 148 Å². The average Bonchev–Trinajstić information content (AvgIpc) is 2.64. The van der Waals surface area contributed by atoms with Gasteiger partial charge in [0.15, 0.2) is 0 Å². The van der Waals surface area contributed by atoms with Gasteiger partial charge in [0.1, 0.15) is 0 Å². The Bertz CT molecular complexity index is 792. The quantitative estimate of drug-likeness (QED) is 0.672. The summed E-state index contributed by atoms with van der Waals surface area (Å²) in [6.07, 6.45) is 4.44. The molecule has 1 heterocycles. The number of unbranched alkanes of at least 4 members (excludes halogenated alkanes) is 2. The van der Waals surface area contributed by atoms with Gasteiger partial charge in [0.05, 0.1) is 17.1 Å². The van der Waals surface area contributed by atoms with E-state index in [0.717, 1.165) is 25.0 Å². The molecule has 25 heavy (non-hydrogen) atoms. The van der Waals surface area contributed by atoms with Crippen molar-refractivity contribution < 1.29 is 13.2 Å². The van der Waals surface area contributed by atoms with Crippen LogP contribution in [0.1, 0.15) is 42.2 Å². The van der Waals surface area contributed by atoms with Crippen LogP contribution in [-0.2, 0) is 16.6 Å². The van der Waals surface area contributed by atoms with Crippen LogP contribution in [-0.4, -0.2) is 25.9 Å². The first-order valence-corrected chi connectivity index (χ1v) is 9.79. The van der Waals surface area contributed by atoms with Crippen molar-refractivity contribution in [3.63, 3.8) is 0 Å². The highest BCUT2D eigenvalue weighted by atomic mass is 32.2. The summed E-state index contributed by atoms with van der Waals surface area (Å²) in [4.78, 5) is 16.5. The maximum atomic E-state index is 12.3. The Kier molecular flexibility index (Phi) is 7.09. The molecule has 0 fully saturated rings. The van der Waals surface area contributed by atoms with Crippen molar-refractivity contribution in [2.75, 3.05) is 6.54 Å². The minimum atomic E-state index is -3.61. The number of hydrogen-bond donors (Lipinski definition) is 2. The second-order valence-electron chi connectivity index (χ2n) is 5.64. The van der Waals surface area contributed by atoms with E-state index >= 15 is 0 Å². The number of amides is 1. The molecule has 2 rings (SSSR count). The first-order valence-electron chi connectivity index (χ1n) is 8.31. The lowest BCUT2D eigenvalue weighted by Crippen LogP contribution is -2.26. The molecule has 6 nitrogen and oxygen atoms in total. The van der Waals surface area contributed by atoms with E-state index in [0.29, 0.717) is 12.1 Å². The third-order valence-electron chi connectivity index (χ3n) is 3.64. The number of benzene rings is 1. The van der Waals surface area contributed by atoms with Gasteiger partial charge >= 0.3 is 0 Å². The fourth-order valence-electron chi connectivity index (χ4n) is 2.24. The molecule has 0 unspecified atom stereocenters. The molecule has 0 radical (unpaired) electrons. The van der Waals surface area contributed by atoms with Gasteiger partial charge in [-0.05, 0) is 36.8 Å². The number of carbonyl (C=O) groups excluding carboxylic acids is 1. The molecule has 0 bridgehead atoms. The Hall–Kier alpha value is -2.25. The van der Waals surface area contributed by atoms with Crippen LogP contribution in [0.3, 0.4) is 0 Å². The van der Waals surface area contributed by atoms with Gasteiger partial charge in [0, 0.05) is 18.3 Å². The number of pyridine rings is 1. The zero-order valence-corrected chi connectivity index (χ0v) is 15.1. The summed E-state index contributed by atoms with van der Waals surface area (Å²) < 4.78 is 27.2. The molecular formula is C18H23N3O3S. The zero-order valence-electron chi connectivity index (χ0n) is 14.2. The highest BCUT2D eigenvalue weighted by molar-refractivity contribution is 7.89. The number of aromatic nitrogens is 1. The summed E-state index contributed by atoms with van der Waals surface area (Å²) >= 11 is 0. The van der Waals surface area contributed by atoms with Crippen molar-refractivity contribution in [2.24, 2.45) is 0 Å². The number of rotatable bonds is 9. The van der Waals surface area contributed by atoms with Crippen molar-refractivity contribution in [3.05, 3.63) is 59.9 Å². The van der Waals surface area contributed by atoms with E-state index in [1.54, 1.807) is 30.5 Å². The van der Waals surface area contributed by atoms with E-state index in [1.165, 1.54) is 12.1 Å². The Morgan fingerprint density at radius 2 is 1.96 bits per heavy atom. The number of nitrogens with zero attached hydrogens (tertiary/aromatic N) is 1. The van der Waals surface area contributed by atoms with Crippen LogP contribution in [0.15, 0.2) is 53.6 Å². The van der Waals surface area contributed by atoms with E-state index in [1.807, 2.05) is 6.07 Å². The van der Waals surface area contributed by atoms with Crippen molar-refractivity contribution in [1.82, 2.24) is 15.0 Å². The summed E-state index contributed by atoms with van der Waals surface area (Å²) in [7, 11) is -3.61. The second kappa shape index (κ2) is 9.29. The fraction of sp³-hybridized carbons (Fsp3) is 0.333. The molecule has 1 aromatic heterocycles. The van der Waals surface area contributed by atoms with Gasteiger partial charge < -0.3 is 5.32 Å². The predicted molar refractivity (Wildman–Crippen MR) is 96.6 cm³/mol. The van der Waals surface area contributed by atoms with E-state index in [9.17, 15) is 13.2 Å². The van der Waals surface area contributed by atoms with E-state index < -0.39 is 10.0 Å². The number of hydrogen-bond acceptors (Lipinski definition) is 4. The molecule has 0 aliphatic carbocycles. The second-order valence-corrected chi connectivity index (χ2v) is 7.40. The maximum absolute atomic E-state index is 12.3. The van der Waals surface area contributed by atoms with Crippen LogP contribution in [0.25, 0.3) is 0 Å². The zero-order chi connectivity index (χ0) is 18.1. The molecule has 2 aromatic rings. The van der Waals surface area contributed by atoms with Crippen LogP contribution in [0.4, 0.5) is 0 Å². The Morgan fingerprint density at radius 1 is 1.12 bits per heavy atom. The lowest BCUT2D eigenvalue weighted by atomic mass is 10.2. The summed E-state index contributed by atoms with van der Waals surface area (Å²) in [5.74, 6) is -0.339. The molecular weight excluding hydrogens is 338 g/mol. The van der Waals surface area contributed by atoms with E-state index in [4.69, 9.17) is 0 Å². The van der Waals surface area contributed by atoms with Crippen LogP contribution in [0, 0.1) is 0 Å². The van der Waals surface area contributed by atoms with Gasteiger partial charge in [0.2, 0.25) is 10.0 Å². The fourth-order valence-corrected chi connectivity index (χ4v) is 3.36. The highest BCUT2D eigenvalue weighted by Crippen LogP contribution is 2.12. The lowest BCUT2D eigenvalue weighted by molar-refractivity contribution is 0.0950. The maximum Gasteiger partial charge on any atom is 0.251 e. The molecule has 134 valence electrons. The summed E-state index contributed by atoms with van der Waals surface area (Å²) in [6.45, 7) is 2.74. The van der Waals surface area contributed by atoms with Gasteiger partial charge in [-0.25, -0.2) is 13.1 Å². The van der Waals surface area contributed by atoms with Crippen LogP contribution in [0.2, 0.25) is 0 Å². The van der Waals surface area contributed by atoms with Gasteiger partial charge in [-0.3, -0.25) is 9.78 Å². The molecule has 0 aliphatic heterocycles. The molecule has 7 heteroatoms. The van der Waals surface area contributed by atoms with Crippen LogP contribution < -0.4 is 10.0 Å². The van der Waals surface area contributed by atoms with Crippen molar-refractivity contribution in [2.45, 2.75) is 37.6 Å². The van der Waals surface area contributed by atoms with Gasteiger partial charge in [-0.2, -0.15) is 0 Å². The first kappa shape index (κ1) is 19.1. The SMILES string of the molecule is CCCCCNS(=O)(=O)c1cccc(C(=O)NCc2ccccn2)c1. The molecule has 0 spiro atoms. The monoisotopic (exact) mass is 361 g/mol. The van der Waals surface area contributed by atoms with Gasteiger partial charge in [-0.1, -0.05) is 31.9 Å². The number of carbonyl (C=O) groups is 1. The summed E-state index contributed by atoms with van der Waals surface area (Å²) in [5.41, 5.74) is 1.03. The largest absolute Gasteiger partial charge is 0.346 e. The molecule has 2 N–H and O–H groups in total. The molecule has 0 saturated carbocycles. The lowest BCUT2D eigenvalue weighted by Gasteiger charge is -2.09. The third-order valence-corrected chi connectivity index (χ3v) is 5.09. The molecule has 0 saturated heterocycles. The van der Waals surface area contributed by atoms with Crippen LogP contribution in [0.5, 0.6) is 0 Å². The molecule has 0 aliphatic rings. The number of sulfonamides is 1. The topological polar surface area (TPSA) is 88.2 Å². The molecule has 1 amide bonds. The third kappa shape index (κ3) is 5.95. The standard InChI is InChI=1S/C18H23N3O3S/c1-2-3-5-12-21-25(23,24)17-10-7-8-15(13-17)18(22)20-14-16-9-4-6-11-19-16/h4,6-11,13,21H,2-3,5,12,14H2,1H3,(H,20,22). The average molecular weight is 361 g/mol. The van der Waals surface area contributed by atoms with Crippen LogP contribution >= 0.6 is 0 Å². The van der Waals surface area contributed by atoms with Gasteiger partial charge in [0.25, 0.3) is 5.91 Å². The normalized spacial score (nSPS) is 11.2.